The summed E-state index contributed by atoms with van der Waals surface area (Å²) in [5.74, 6) is -1.57. The maximum atomic E-state index is 13.5. The number of nitrogens with one attached hydrogen (secondary N) is 1. The molecule has 3 aromatic carbocycles. The molecule has 1 aliphatic rings. The third kappa shape index (κ3) is 5.22. The predicted molar refractivity (Wildman–Crippen MR) is 135 cm³/mol. The number of hydrogen-bond donors (Lipinski definition) is 2. The van der Waals surface area contributed by atoms with Crippen LogP contribution in [0.4, 0.5) is 11.4 Å². The molecule has 2 N–H and O–H groups in total. The number of nitrogens with zero attached hydrogens (tertiary/aromatic N) is 1. The Balaban J connectivity index is 1.68. The highest BCUT2D eigenvalue weighted by atomic mass is 32.2. The Bertz CT molecular complexity index is 1300. The smallest absolute Gasteiger partial charge is 0.338 e. The van der Waals surface area contributed by atoms with Gasteiger partial charge >= 0.3 is 5.97 Å². The maximum Gasteiger partial charge on any atom is 0.338 e. The van der Waals surface area contributed by atoms with Crippen molar-refractivity contribution in [1.29, 1.82) is 0 Å². The van der Waals surface area contributed by atoms with Crippen molar-refractivity contribution in [3.05, 3.63) is 94.5 Å². The minimum atomic E-state index is -0.560. The Hall–Kier alpha value is -4.04. The number of aryl methyl sites for hydroxylation is 1. The second-order valence-electron chi connectivity index (χ2n) is 7.89. The molecule has 1 aliphatic heterocycles. The fourth-order valence-corrected chi connectivity index (χ4v) is 4.41. The first kappa shape index (κ1) is 24.1. The Kier molecular flexibility index (Phi) is 7.22. The highest BCUT2D eigenvalue weighted by Gasteiger charge is 2.40. The topological polar surface area (TPSA) is 95.9 Å². The third-order valence-electron chi connectivity index (χ3n) is 5.21. The summed E-state index contributed by atoms with van der Waals surface area (Å²) in [6.07, 6.45) is 0.709. The van der Waals surface area contributed by atoms with Crippen LogP contribution >= 0.6 is 11.8 Å². The number of rotatable bonds is 8. The van der Waals surface area contributed by atoms with Gasteiger partial charge in [-0.2, -0.15) is 0 Å². The van der Waals surface area contributed by atoms with E-state index in [9.17, 15) is 19.5 Å². The molecule has 0 radical (unpaired) electrons. The summed E-state index contributed by atoms with van der Waals surface area (Å²) < 4.78 is 5.14. The van der Waals surface area contributed by atoms with E-state index in [4.69, 9.17) is 4.74 Å². The lowest BCUT2D eigenvalue weighted by Gasteiger charge is -2.16. The second-order valence-corrected chi connectivity index (χ2v) is 8.98. The van der Waals surface area contributed by atoms with Crippen LogP contribution in [0.1, 0.15) is 29.3 Å². The van der Waals surface area contributed by atoms with Gasteiger partial charge in [-0.15, -0.1) is 0 Å². The summed E-state index contributed by atoms with van der Waals surface area (Å²) in [7, 11) is 0. The number of hydrogen-bond acceptors (Lipinski definition) is 7. The van der Waals surface area contributed by atoms with Crippen LogP contribution in [-0.4, -0.2) is 29.5 Å². The van der Waals surface area contributed by atoms with Gasteiger partial charge in [0, 0.05) is 4.90 Å². The van der Waals surface area contributed by atoms with Crippen molar-refractivity contribution in [1.82, 2.24) is 0 Å². The molecular formula is C27H24N2O5S. The van der Waals surface area contributed by atoms with Crippen LogP contribution in [0.25, 0.3) is 0 Å². The fraction of sp³-hybridized carbons (Fsp3) is 0.148. The van der Waals surface area contributed by atoms with Crippen molar-refractivity contribution >= 4 is 40.9 Å². The number of esters is 1. The molecule has 0 aromatic heterocycles. The lowest BCUT2D eigenvalue weighted by molar-refractivity contribution is -0.120. The Morgan fingerprint density at radius 3 is 2.40 bits per heavy atom. The van der Waals surface area contributed by atoms with Crippen LogP contribution in [0.3, 0.4) is 0 Å². The fourth-order valence-electron chi connectivity index (χ4n) is 3.46. The van der Waals surface area contributed by atoms with Gasteiger partial charge in [-0.3, -0.25) is 9.59 Å². The number of ether oxygens (including phenoxy) is 1. The molecule has 0 unspecified atom stereocenters. The monoisotopic (exact) mass is 488 g/mol. The molecular weight excluding hydrogens is 464 g/mol. The van der Waals surface area contributed by atoms with Gasteiger partial charge in [-0.25, -0.2) is 9.69 Å². The van der Waals surface area contributed by atoms with E-state index < -0.39 is 17.8 Å². The first-order chi connectivity index (χ1) is 16.9. The number of thioether (sulfide) groups is 1. The summed E-state index contributed by atoms with van der Waals surface area (Å²) in [6.45, 7) is 4.08. The van der Waals surface area contributed by atoms with Gasteiger partial charge in [-0.05, 0) is 67.4 Å². The van der Waals surface area contributed by atoms with Gasteiger partial charge in [0.25, 0.3) is 11.8 Å². The number of amides is 2. The normalized spacial score (nSPS) is 13.4. The molecule has 0 spiro atoms. The molecule has 4 rings (SSSR count). The average Bonchev–Trinajstić information content (AvgIpc) is 3.09. The van der Waals surface area contributed by atoms with Gasteiger partial charge in [0.05, 0.1) is 23.5 Å². The van der Waals surface area contributed by atoms with E-state index in [0.717, 1.165) is 15.4 Å². The Labute approximate surface area is 207 Å². The SMILES string of the molecule is CCCOC(=O)c1ccc(N2C(=O)C(Nc3cc(C)ccc3O)=C(Sc3ccccc3)C2=O)cc1. The minimum absolute atomic E-state index is 0.0409. The van der Waals surface area contributed by atoms with Crippen LogP contribution in [-0.2, 0) is 14.3 Å². The number of imide groups is 1. The highest BCUT2D eigenvalue weighted by molar-refractivity contribution is 8.04. The standard InChI is InChI=1S/C27H24N2O5S/c1-3-15-34-27(33)18-10-12-19(13-11-18)29-25(31)23(28-21-16-17(2)9-14-22(21)30)24(26(29)32)35-20-7-5-4-6-8-20/h4-14,16,28,30H,3,15H2,1-2H3. The largest absolute Gasteiger partial charge is 0.506 e. The zero-order valence-corrected chi connectivity index (χ0v) is 20.1. The van der Waals surface area contributed by atoms with Gasteiger partial charge in [-0.1, -0.05) is 43.0 Å². The lowest BCUT2D eigenvalue weighted by Crippen LogP contribution is -2.32. The summed E-state index contributed by atoms with van der Waals surface area (Å²) in [6, 6.07) is 20.3. The molecule has 35 heavy (non-hydrogen) atoms. The lowest BCUT2D eigenvalue weighted by atomic mass is 10.2. The third-order valence-corrected chi connectivity index (χ3v) is 6.31. The number of phenolic OH excluding ortho intramolecular Hbond substituents is 1. The summed E-state index contributed by atoms with van der Waals surface area (Å²) in [4.78, 5) is 41.1. The number of anilines is 2. The van der Waals surface area contributed by atoms with Crippen LogP contribution < -0.4 is 10.2 Å². The van der Waals surface area contributed by atoms with E-state index >= 15 is 0 Å². The van der Waals surface area contributed by atoms with E-state index in [0.29, 0.717) is 30.0 Å². The van der Waals surface area contributed by atoms with Crippen molar-refractivity contribution < 1.29 is 24.2 Å². The van der Waals surface area contributed by atoms with Crippen molar-refractivity contribution in [2.24, 2.45) is 0 Å². The Morgan fingerprint density at radius 2 is 1.71 bits per heavy atom. The number of phenols is 1. The van der Waals surface area contributed by atoms with Gasteiger partial charge in [0.15, 0.2) is 0 Å². The molecule has 0 aliphatic carbocycles. The molecule has 1 heterocycles. The van der Waals surface area contributed by atoms with Gasteiger partial charge < -0.3 is 15.2 Å². The van der Waals surface area contributed by atoms with E-state index in [1.165, 1.54) is 42.1 Å². The van der Waals surface area contributed by atoms with E-state index in [1.807, 2.05) is 44.2 Å². The molecule has 0 atom stereocenters. The summed E-state index contributed by atoms with van der Waals surface area (Å²) in [5, 5.41) is 13.3. The summed E-state index contributed by atoms with van der Waals surface area (Å²) >= 11 is 1.17. The number of carbonyl (C=O) groups is 3. The van der Waals surface area contributed by atoms with E-state index in [-0.39, 0.29) is 16.4 Å². The van der Waals surface area contributed by atoms with Crippen LogP contribution in [0.15, 0.2) is 88.3 Å². The molecule has 0 fully saturated rings. The van der Waals surface area contributed by atoms with Crippen molar-refractivity contribution in [3.8, 4) is 5.75 Å². The first-order valence-electron chi connectivity index (χ1n) is 11.1. The Morgan fingerprint density at radius 1 is 1.00 bits per heavy atom. The average molecular weight is 489 g/mol. The van der Waals surface area contributed by atoms with E-state index in [1.54, 1.807) is 12.1 Å². The number of benzene rings is 3. The van der Waals surface area contributed by atoms with Crippen LogP contribution in [0, 0.1) is 6.92 Å². The molecule has 7 nitrogen and oxygen atoms in total. The molecule has 0 saturated heterocycles. The van der Waals surface area contributed by atoms with Crippen LogP contribution in [0.2, 0.25) is 0 Å². The zero-order chi connectivity index (χ0) is 24.9. The summed E-state index contributed by atoms with van der Waals surface area (Å²) in [5.41, 5.74) is 1.92. The van der Waals surface area contributed by atoms with Crippen molar-refractivity contribution in [2.75, 3.05) is 16.8 Å². The number of carbonyl (C=O) groups excluding carboxylic acids is 3. The minimum Gasteiger partial charge on any atom is -0.506 e. The zero-order valence-electron chi connectivity index (χ0n) is 19.3. The van der Waals surface area contributed by atoms with Gasteiger partial charge in [0.2, 0.25) is 0 Å². The molecule has 3 aromatic rings. The molecule has 2 amide bonds. The maximum absolute atomic E-state index is 13.5. The predicted octanol–water partition coefficient (Wildman–Crippen LogP) is 5.26. The molecule has 0 bridgehead atoms. The van der Waals surface area contributed by atoms with Crippen molar-refractivity contribution in [3.63, 3.8) is 0 Å². The van der Waals surface area contributed by atoms with Crippen molar-refractivity contribution in [2.45, 2.75) is 25.2 Å². The number of aromatic hydroxyl groups is 1. The van der Waals surface area contributed by atoms with Crippen LogP contribution in [0.5, 0.6) is 5.75 Å². The van der Waals surface area contributed by atoms with Gasteiger partial charge in [0.1, 0.15) is 16.4 Å². The molecule has 178 valence electrons. The quantitative estimate of drug-likeness (QED) is 0.254. The molecule has 8 heteroatoms. The second kappa shape index (κ2) is 10.5. The highest BCUT2D eigenvalue weighted by Crippen LogP contribution is 2.39. The van der Waals surface area contributed by atoms with E-state index in [2.05, 4.69) is 5.32 Å². The first-order valence-corrected chi connectivity index (χ1v) is 11.9. The molecule has 0 saturated carbocycles.